The minimum absolute atomic E-state index is 0.251. The molecular weight excluding hydrogens is 180 g/mol. The van der Waals surface area contributed by atoms with E-state index in [0.29, 0.717) is 5.92 Å². The summed E-state index contributed by atoms with van der Waals surface area (Å²) in [5.41, 5.74) is 6.07. The first-order chi connectivity index (χ1) is 6.73. The van der Waals surface area contributed by atoms with Gasteiger partial charge in [-0.15, -0.1) is 0 Å². The zero-order valence-electron chi connectivity index (χ0n) is 11.2. The molecule has 15 heavy (non-hydrogen) atoms. The summed E-state index contributed by atoms with van der Waals surface area (Å²) in [6.45, 7) is 15.8. The first-order valence-corrected chi connectivity index (χ1v) is 5.85. The summed E-state index contributed by atoms with van der Waals surface area (Å²) in [5.74, 6) is 0.617. The minimum Gasteiger partial charge on any atom is -0.0587 e. The van der Waals surface area contributed by atoms with Crippen LogP contribution in [0.4, 0.5) is 0 Å². The molecule has 1 aromatic rings. The lowest BCUT2D eigenvalue weighted by Crippen LogP contribution is -2.14. The van der Waals surface area contributed by atoms with Gasteiger partial charge in [0.1, 0.15) is 0 Å². The highest BCUT2D eigenvalue weighted by Gasteiger charge is 2.18. The molecule has 0 spiro atoms. The van der Waals surface area contributed by atoms with Crippen LogP contribution in [0, 0.1) is 13.8 Å². The monoisotopic (exact) mass is 204 g/mol. The summed E-state index contributed by atoms with van der Waals surface area (Å²) in [5, 5.41) is 0. The Bertz CT molecular complexity index is 351. The van der Waals surface area contributed by atoms with E-state index in [4.69, 9.17) is 0 Å². The molecule has 0 unspecified atom stereocenters. The van der Waals surface area contributed by atoms with E-state index in [2.05, 4.69) is 60.6 Å². The second-order valence-electron chi connectivity index (χ2n) is 5.93. The van der Waals surface area contributed by atoms with Crippen LogP contribution in [0.5, 0.6) is 0 Å². The van der Waals surface area contributed by atoms with Gasteiger partial charge in [0, 0.05) is 0 Å². The largest absolute Gasteiger partial charge is 0.0587 e. The molecule has 0 aliphatic rings. The van der Waals surface area contributed by atoms with Gasteiger partial charge in [-0.3, -0.25) is 0 Å². The molecule has 0 radical (unpaired) electrons. The molecule has 0 saturated heterocycles. The van der Waals surface area contributed by atoms with E-state index in [0.717, 1.165) is 0 Å². The molecular formula is C15H24. The molecule has 0 bridgehead atoms. The van der Waals surface area contributed by atoms with Gasteiger partial charge in [-0.1, -0.05) is 46.8 Å². The highest BCUT2D eigenvalue weighted by molar-refractivity contribution is 5.41. The molecule has 0 aliphatic heterocycles. The quantitative estimate of drug-likeness (QED) is 0.620. The van der Waals surface area contributed by atoms with Gasteiger partial charge in [0.25, 0.3) is 0 Å². The van der Waals surface area contributed by atoms with Crippen LogP contribution in [-0.2, 0) is 5.41 Å². The lowest BCUT2D eigenvalue weighted by atomic mass is 9.81. The average Bonchev–Trinajstić information content (AvgIpc) is 2.00. The average molecular weight is 204 g/mol. The van der Waals surface area contributed by atoms with E-state index in [1.165, 1.54) is 22.3 Å². The van der Waals surface area contributed by atoms with Crippen molar-refractivity contribution in [3.05, 3.63) is 34.4 Å². The maximum Gasteiger partial charge on any atom is -0.0129 e. The van der Waals surface area contributed by atoms with E-state index < -0.39 is 0 Å². The van der Waals surface area contributed by atoms with Crippen molar-refractivity contribution in [3.63, 3.8) is 0 Å². The summed E-state index contributed by atoms with van der Waals surface area (Å²) in [7, 11) is 0. The second kappa shape index (κ2) is 4.00. The normalized spacial score (nSPS) is 12.3. The molecule has 0 amide bonds. The van der Waals surface area contributed by atoms with Gasteiger partial charge in [0.2, 0.25) is 0 Å². The molecule has 0 atom stereocenters. The number of aryl methyl sites for hydroxylation is 2. The van der Waals surface area contributed by atoms with Crippen LogP contribution >= 0.6 is 0 Å². The topological polar surface area (TPSA) is 0 Å². The summed E-state index contributed by atoms with van der Waals surface area (Å²) in [6.07, 6.45) is 0. The Morgan fingerprint density at radius 2 is 1.47 bits per heavy atom. The fourth-order valence-electron chi connectivity index (χ4n) is 2.30. The van der Waals surface area contributed by atoms with Crippen LogP contribution in [0.2, 0.25) is 0 Å². The third kappa shape index (κ3) is 2.62. The minimum atomic E-state index is 0.251. The van der Waals surface area contributed by atoms with Crippen molar-refractivity contribution in [2.75, 3.05) is 0 Å². The van der Waals surface area contributed by atoms with Gasteiger partial charge < -0.3 is 0 Å². The van der Waals surface area contributed by atoms with Crippen LogP contribution in [0.15, 0.2) is 12.1 Å². The van der Waals surface area contributed by atoms with E-state index in [-0.39, 0.29) is 5.41 Å². The summed E-state index contributed by atoms with van der Waals surface area (Å²) in [6, 6.07) is 4.73. The molecule has 1 aromatic carbocycles. The highest BCUT2D eigenvalue weighted by Crippen LogP contribution is 2.30. The maximum absolute atomic E-state index is 2.40. The summed E-state index contributed by atoms with van der Waals surface area (Å²) in [4.78, 5) is 0. The van der Waals surface area contributed by atoms with Crippen molar-refractivity contribution >= 4 is 0 Å². The Balaban J connectivity index is 3.37. The molecule has 0 heteroatoms. The fraction of sp³-hybridized carbons (Fsp3) is 0.600. The lowest BCUT2D eigenvalue weighted by molar-refractivity contribution is 0.584. The van der Waals surface area contributed by atoms with Crippen molar-refractivity contribution in [2.45, 2.75) is 59.8 Å². The van der Waals surface area contributed by atoms with E-state index in [9.17, 15) is 0 Å². The van der Waals surface area contributed by atoms with Crippen LogP contribution in [0.3, 0.4) is 0 Å². The second-order valence-corrected chi connectivity index (χ2v) is 5.93. The number of hydrogen-bond donors (Lipinski definition) is 0. The van der Waals surface area contributed by atoms with Crippen molar-refractivity contribution in [1.82, 2.24) is 0 Å². The first-order valence-electron chi connectivity index (χ1n) is 5.85. The lowest BCUT2D eigenvalue weighted by Gasteiger charge is -2.24. The third-order valence-electron chi connectivity index (χ3n) is 3.04. The zero-order chi connectivity index (χ0) is 11.8. The molecule has 0 aromatic heterocycles. The zero-order valence-corrected chi connectivity index (χ0v) is 11.2. The first kappa shape index (κ1) is 12.3. The van der Waals surface area contributed by atoms with Crippen LogP contribution in [-0.4, -0.2) is 0 Å². The molecule has 0 heterocycles. The van der Waals surface area contributed by atoms with Gasteiger partial charge in [-0.05, 0) is 47.4 Å². The van der Waals surface area contributed by atoms with E-state index in [1.807, 2.05) is 0 Å². The van der Waals surface area contributed by atoms with Gasteiger partial charge >= 0.3 is 0 Å². The van der Waals surface area contributed by atoms with Crippen LogP contribution in [0.25, 0.3) is 0 Å². The number of benzene rings is 1. The Morgan fingerprint density at radius 3 is 1.87 bits per heavy atom. The Hall–Kier alpha value is -0.780. The van der Waals surface area contributed by atoms with Gasteiger partial charge in [0.05, 0.1) is 0 Å². The van der Waals surface area contributed by atoms with E-state index >= 15 is 0 Å². The predicted octanol–water partition coefficient (Wildman–Crippen LogP) is 4.72. The van der Waals surface area contributed by atoms with Crippen molar-refractivity contribution in [3.8, 4) is 0 Å². The Labute approximate surface area is 94.7 Å². The molecule has 0 nitrogen and oxygen atoms in total. The van der Waals surface area contributed by atoms with Crippen molar-refractivity contribution in [2.24, 2.45) is 0 Å². The highest BCUT2D eigenvalue weighted by atomic mass is 14.2. The van der Waals surface area contributed by atoms with Crippen molar-refractivity contribution < 1.29 is 0 Å². The Morgan fingerprint density at radius 1 is 0.933 bits per heavy atom. The third-order valence-corrected chi connectivity index (χ3v) is 3.04. The van der Waals surface area contributed by atoms with Gasteiger partial charge in [0.15, 0.2) is 0 Å². The van der Waals surface area contributed by atoms with Crippen molar-refractivity contribution in [1.29, 1.82) is 0 Å². The summed E-state index contributed by atoms with van der Waals surface area (Å²) < 4.78 is 0. The molecule has 0 aliphatic carbocycles. The standard InChI is InChI=1S/C15H24/c1-10(2)13-9-14(15(5,6)7)12(4)8-11(13)3/h8-10H,1-7H3. The molecule has 0 fully saturated rings. The van der Waals surface area contributed by atoms with E-state index in [1.54, 1.807) is 0 Å². The molecule has 0 saturated carbocycles. The van der Waals surface area contributed by atoms with Crippen LogP contribution in [0.1, 0.15) is 62.8 Å². The maximum atomic E-state index is 2.40. The number of hydrogen-bond acceptors (Lipinski definition) is 0. The van der Waals surface area contributed by atoms with Gasteiger partial charge in [-0.2, -0.15) is 0 Å². The summed E-state index contributed by atoms with van der Waals surface area (Å²) >= 11 is 0. The fourth-order valence-corrected chi connectivity index (χ4v) is 2.30. The molecule has 1 rings (SSSR count). The molecule has 84 valence electrons. The smallest absolute Gasteiger partial charge is 0.0129 e. The number of rotatable bonds is 1. The predicted molar refractivity (Wildman–Crippen MR) is 68.7 cm³/mol. The molecule has 0 N–H and O–H groups in total. The van der Waals surface area contributed by atoms with Gasteiger partial charge in [-0.25, -0.2) is 0 Å². The van der Waals surface area contributed by atoms with Crippen LogP contribution < -0.4 is 0 Å². The Kier molecular flexibility index (Phi) is 3.28. The SMILES string of the molecule is Cc1cc(C)c(C(C)(C)C)cc1C(C)C.